The molecule has 0 N–H and O–H groups in total. The molecule has 0 aliphatic carbocycles. The molecule has 0 radical (unpaired) electrons. The van der Waals surface area contributed by atoms with Crippen molar-refractivity contribution in [3.8, 4) is 0 Å². The maximum absolute atomic E-state index is 2.28. The van der Waals surface area contributed by atoms with E-state index in [2.05, 4.69) is 56.7 Å². The summed E-state index contributed by atoms with van der Waals surface area (Å²) in [7, 11) is 2.14. The highest BCUT2D eigenvalue weighted by Gasteiger charge is 2.13. The molecule has 74 valence electrons. The number of aromatic nitrogens is 1. The van der Waals surface area contributed by atoms with Crippen LogP contribution in [0.2, 0.25) is 0 Å². The van der Waals surface area contributed by atoms with Crippen LogP contribution in [0, 0.1) is 6.92 Å². The van der Waals surface area contributed by atoms with Gasteiger partial charge in [0.05, 0.1) is 0 Å². The Morgan fingerprint density at radius 2 is 1.79 bits per heavy atom. The van der Waals surface area contributed by atoms with E-state index in [1.165, 1.54) is 22.2 Å². The summed E-state index contributed by atoms with van der Waals surface area (Å²) in [6.45, 7) is 6.72. The van der Waals surface area contributed by atoms with Crippen LogP contribution in [0.4, 0.5) is 0 Å². The fraction of sp³-hybridized carbons (Fsp3) is 0.385. The number of hydrogen-bond donors (Lipinski definition) is 0. The molecular weight excluding hydrogens is 170 g/mol. The third-order valence-corrected chi connectivity index (χ3v) is 3.03. The molecule has 0 fully saturated rings. The fourth-order valence-corrected chi connectivity index (χ4v) is 2.28. The van der Waals surface area contributed by atoms with Crippen molar-refractivity contribution < 1.29 is 0 Å². The molecule has 0 bridgehead atoms. The first-order valence-corrected chi connectivity index (χ1v) is 5.17. The lowest BCUT2D eigenvalue weighted by Crippen LogP contribution is -1.93. The minimum absolute atomic E-state index is 0.598. The first kappa shape index (κ1) is 9.32. The zero-order valence-corrected chi connectivity index (χ0v) is 9.33. The molecule has 0 aliphatic rings. The minimum Gasteiger partial charge on any atom is -0.348 e. The van der Waals surface area contributed by atoms with Gasteiger partial charge in [0.15, 0.2) is 0 Å². The summed E-state index contributed by atoms with van der Waals surface area (Å²) in [6.07, 6.45) is 0. The maximum Gasteiger partial charge on any atom is 0.0482 e. The van der Waals surface area contributed by atoms with E-state index in [0.717, 1.165) is 0 Å². The molecule has 0 spiro atoms. The van der Waals surface area contributed by atoms with Gasteiger partial charge in [0.2, 0.25) is 0 Å². The van der Waals surface area contributed by atoms with Crippen LogP contribution in [0.5, 0.6) is 0 Å². The molecule has 0 saturated carbocycles. The molecule has 2 rings (SSSR count). The van der Waals surface area contributed by atoms with Crippen LogP contribution in [-0.2, 0) is 7.05 Å². The van der Waals surface area contributed by atoms with Gasteiger partial charge in [-0.25, -0.2) is 0 Å². The van der Waals surface area contributed by atoms with Crippen LogP contribution in [-0.4, -0.2) is 4.57 Å². The van der Waals surface area contributed by atoms with Gasteiger partial charge in [-0.1, -0.05) is 32.0 Å². The molecule has 1 heterocycles. The average Bonchev–Trinajstić information content (AvgIpc) is 2.41. The Labute approximate surface area is 85.4 Å². The van der Waals surface area contributed by atoms with E-state index in [1.807, 2.05) is 0 Å². The van der Waals surface area contributed by atoms with Crippen molar-refractivity contribution in [2.45, 2.75) is 26.7 Å². The second kappa shape index (κ2) is 3.16. The van der Waals surface area contributed by atoms with Crippen LogP contribution in [0.15, 0.2) is 24.3 Å². The highest BCUT2D eigenvalue weighted by atomic mass is 14.9. The van der Waals surface area contributed by atoms with Crippen molar-refractivity contribution in [1.29, 1.82) is 0 Å². The zero-order chi connectivity index (χ0) is 10.3. The topological polar surface area (TPSA) is 4.93 Å². The van der Waals surface area contributed by atoms with Gasteiger partial charge in [-0.3, -0.25) is 0 Å². The molecule has 0 unspecified atom stereocenters. The summed E-state index contributed by atoms with van der Waals surface area (Å²) < 4.78 is 2.28. The molecule has 1 nitrogen and oxygen atoms in total. The predicted molar refractivity (Wildman–Crippen MR) is 61.7 cm³/mol. The summed E-state index contributed by atoms with van der Waals surface area (Å²) in [5.41, 5.74) is 4.22. The van der Waals surface area contributed by atoms with Crippen molar-refractivity contribution in [3.05, 3.63) is 35.5 Å². The molecular formula is C13H17N. The predicted octanol–water partition coefficient (Wildman–Crippen LogP) is 3.61. The van der Waals surface area contributed by atoms with Gasteiger partial charge in [0.25, 0.3) is 0 Å². The Hall–Kier alpha value is -1.24. The first-order valence-electron chi connectivity index (χ1n) is 5.17. The maximum atomic E-state index is 2.28. The second-order valence-electron chi connectivity index (χ2n) is 4.23. The van der Waals surface area contributed by atoms with E-state index in [-0.39, 0.29) is 0 Å². The first-order chi connectivity index (χ1) is 6.63. The van der Waals surface area contributed by atoms with E-state index in [0.29, 0.717) is 5.92 Å². The highest BCUT2D eigenvalue weighted by Crippen LogP contribution is 2.30. The monoisotopic (exact) mass is 187 g/mol. The normalized spacial score (nSPS) is 11.5. The number of benzene rings is 1. The summed E-state index contributed by atoms with van der Waals surface area (Å²) in [4.78, 5) is 0. The molecule has 0 aliphatic heterocycles. The van der Waals surface area contributed by atoms with Crippen LogP contribution in [0.1, 0.15) is 31.0 Å². The van der Waals surface area contributed by atoms with Crippen LogP contribution < -0.4 is 0 Å². The lowest BCUT2D eigenvalue weighted by molar-refractivity contribution is 0.829. The molecule has 0 amide bonds. The van der Waals surface area contributed by atoms with Gasteiger partial charge in [0, 0.05) is 23.6 Å². The Bertz CT molecular complexity index is 463. The Morgan fingerprint density at radius 3 is 2.43 bits per heavy atom. The van der Waals surface area contributed by atoms with Crippen LogP contribution in [0.25, 0.3) is 10.9 Å². The summed E-state index contributed by atoms with van der Waals surface area (Å²) in [6, 6.07) is 8.63. The third kappa shape index (κ3) is 1.16. The molecule has 1 aromatic heterocycles. The lowest BCUT2D eigenvalue weighted by Gasteiger charge is -2.05. The van der Waals surface area contributed by atoms with E-state index < -0.39 is 0 Å². The van der Waals surface area contributed by atoms with Gasteiger partial charge < -0.3 is 4.57 Å². The number of hydrogen-bond acceptors (Lipinski definition) is 0. The van der Waals surface area contributed by atoms with Gasteiger partial charge in [0.1, 0.15) is 0 Å². The Morgan fingerprint density at radius 1 is 1.14 bits per heavy atom. The minimum atomic E-state index is 0.598. The smallest absolute Gasteiger partial charge is 0.0482 e. The SMILES string of the molecule is Cc1c(C(C)C)c2ccccc2n1C. The van der Waals surface area contributed by atoms with Crippen molar-refractivity contribution in [3.63, 3.8) is 0 Å². The van der Waals surface area contributed by atoms with E-state index in [1.54, 1.807) is 0 Å². The van der Waals surface area contributed by atoms with Crippen molar-refractivity contribution >= 4 is 10.9 Å². The van der Waals surface area contributed by atoms with Gasteiger partial charge >= 0.3 is 0 Å². The molecule has 2 aromatic rings. The second-order valence-corrected chi connectivity index (χ2v) is 4.23. The summed E-state index contributed by atoms with van der Waals surface area (Å²) in [5.74, 6) is 0.598. The number of rotatable bonds is 1. The number of fused-ring (bicyclic) bond motifs is 1. The molecule has 1 heteroatoms. The molecule has 14 heavy (non-hydrogen) atoms. The van der Waals surface area contributed by atoms with E-state index in [9.17, 15) is 0 Å². The van der Waals surface area contributed by atoms with Crippen LogP contribution in [0.3, 0.4) is 0 Å². The summed E-state index contributed by atoms with van der Waals surface area (Å²) in [5, 5.41) is 1.41. The quantitative estimate of drug-likeness (QED) is 0.642. The molecule has 0 saturated heterocycles. The third-order valence-electron chi connectivity index (χ3n) is 3.03. The van der Waals surface area contributed by atoms with Gasteiger partial charge in [-0.05, 0) is 24.5 Å². The van der Waals surface area contributed by atoms with Crippen LogP contribution >= 0.6 is 0 Å². The highest BCUT2D eigenvalue weighted by molar-refractivity contribution is 5.85. The summed E-state index contributed by atoms with van der Waals surface area (Å²) >= 11 is 0. The van der Waals surface area contributed by atoms with Gasteiger partial charge in [-0.15, -0.1) is 0 Å². The Balaban J connectivity index is 2.88. The van der Waals surface area contributed by atoms with E-state index in [4.69, 9.17) is 0 Å². The zero-order valence-electron chi connectivity index (χ0n) is 9.33. The molecule has 1 aromatic carbocycles. The standard InChI is InChI=1S/C13H17N/c1-9(2)13-10(3)14(4)12-8-6-5-7-11(12)13/h5-9H,1-4H3. The van der Waals surface area contributed by atoms with Crippen molar-refractivity contribution in [2.24, 2.45) is 7.05 Å². The van der Waals surface area contributed by atoms with E-state index >= 15 is 0 Å². The fourth-order valence-electron chi connectivity index (χ4n) is 2.28. The lowest BCUT2D eigenvalue weighted by atomic mass is 10.00. The number of nitrogens with zero attached hydrogens (tertiary/aromatic N) is 1. The Kier molecular flexibility index (Phi) is 2.10. The largest absolute Gasteiger partial charge is 0.348 e. The van der Waals surface area contributed by atoms with Crippen molar-refractivity contribution in [2.75, 3.05) is 0 Å². The van der Waals surface area contributed by atoms with Crippen molar-refractivity contribution in [1.82, 2.24) is 4.57 Å². The number of para-hydroxylation sites is 1. The molecule has 0 atom stereocenters. The average molecular weight is 187 g/mol. The number of aryl methyl sites for hydroxylation is 1. The van der Waals surface area contributed by atoms with Gasteiger partial charge in [-0.2, -0.15) is 0 Å².